The van der Waals surface area contributed by atoms with E-state index in [1.54, 1.807) is 11.8 Å². The third kappa shape index (κ3) is 4.69. The summed E-state index contributed by atoms with van der Waals surface area (Å²) in [6, 6.07) is 17.4. The first-order chi connectivity index (χ1) is 12.9. The molecule has 5 nitrogen and oxygen atoms in total. The number of carbonyl (C=O) groups is 1. The van der Waals surface area contributed by atoms with Gasteiger partial charge in [0.05, 0.1) is 11.5 Å². The van der Waals surface area contributed by atoms with Crippen LogP contribution in [0.5, 0.6) is 5.75 Å². The van der Waals surface area contributed by atoms with Crippen LogP contribution in [-0.2, 0) is 14.6 Å². The smallest absolute Gasteiger partial charge is 0.263 e. The van der Waals surface area contributed by atoms with Crippen LogP contribution in [0, 0.1) is 0 Å². The number of ether oxygens (including phenoxy) is 1. The standard InChI is InChI=1S/C21H25NO4S/c1-3-22(19-13-14-27(24,25)15-19)21(23)16(2)26-20-11-9-18(10-12-20)17-7-5-4-6-8-17/h4-12,16,19H,3,13-15H2,1-2H3. The molecule has 6 heteroatoms. The molecular formula is C21H25NO4S. The van der Waals surface area contributed by atoms with E-state index in [0.29, 0.717) is 18.7 Å². The maximum atomic E-state index is 12.8. The molecular weight excluding hydrogens is 362 g/mol. The molecule has 27 heavy (non-hydrogen) atoms. The van der Waals surface area contributed by atoms with E-state index in [1.807, 2.05) is 61.5 Å². The zero-order valence-corrected chi connectivity index (χ0v) is 16.5. The highest BCUT2D eigenvalue weighted by molar-refractivity contribution is 7.91. The van der Waals surface area contributed by atoms with Crippen LogP contribution >= 0.6 is 0 Å². The third-order valence-corrected chi connectivity index (χ3v) is 6.65. The minimum absolute atomic E-state index is 0.0467. The number of likely N-dealkylation sites (N-methyl/N-ethyl adjacent to an activating group) is 1. The molecule has 0 spiro atoms. The van der Waals surface area contributed by atoms with Crippen molar-refractivity contribution >= 4 is 15.7 Å². The molecule has 3 rings (SSSR count). The predicted octanol–water partition coefficient (Wildman–Crippen LogP) is 3.16. The summed E-state index contributed by atoms with van der Waals surface area (Å²) < 4.78 is 29.3. The normalized spacial score (nSPS) is 19.4. The van der Waals surface area contributed by atoms with Crippen molar-refractivity contribution in [2.24, 2.45) is 0 Å². The molecule has 0 bridgehead atoms. The van der Waals surface area contributed by atoms with E-state index >= 15 is 0 Å². The number of rotatable bonds is 6. The summed E-state index contributed by atoms with van der Waals surface area (Å²) in [5, 5.41) is 0. The van der Waals surface area contributed by atoms with E-state index in [4.69, 9.17) is 4.74 Å². The van der Waals surface area contributed by atoms with Crippen LogP contribution in [0.3, 0.4) is 0 Å². The number of sulfone groups is 1. The topological polar surface area (TPSA) is 63.7 Å². The van der Waals surface area contributed by atoms with Gasteiger partial charge in [0.2, 0.25) is 0 Å². The van der Waals surface area contributed by atoms with E-state index in [9.17, 15) is 13.2 Å². The summed E-state index contributed by atoms with van der Waals surface area (Å²) in [4.78, 5) is 14.4. The van der Waals surface area contributed by atoms with Crippen LogP contribution in [0.15, 0.2) is 54.6 Å². The van der Waals surface area contributed by atoms with E-state index in [1.165, 1.54) is 0 Å². The van der Waals surface area contributed by atoms with Crippen LogP contribution in [0.4, 0.5) is 0 Å². The van der Waals surface area contributed by atoms with E-state index in [0.717, 1.165) is 11.1 Å². The molecule has 2 atom stereocenters. The fourth-order valence-electron chi connectivity index (χ4n) is 3.46. The maximum Gasteiger partial charge on any atom is 0.263 e. The fraction of sp³-hybridized carbons (Fsp3) is 0.381. The zero-order valence-electron chi connectivity index (χ0n) is 15.7. The van der Waals surface area contributed by atoms with E-state index in [2.05, 4.69) is 0 Å². The minimum atomic E-state index is -3.03. The Morgan fingerprint density at radius 2 is 1.74 bits per heavy atom. The second-order valence-electron chi connectivity index (χ2n) is 6.83. The summed E-state index contributed by atoms with van der Waals surface area (Å²) in [7, 11) is -3.03. The highest BCUT2D eigenvalue weighted by Gasteiger charge is 2.35. The molecule has 1 aliphatic heterocycles. The van der Waals surface area contributed by atoms with Gasteiger partial charge in [-0.2, -0.15) is 0 Å². The molecule has 2 unspecified atom stereocenters. The van der Waals surface area contributed by atoms with Crippen LogP contribution in [0.25, 0.3) is 11.1 Å². The Morgan fingerprint density at radius 3 is 2.30 bits per heavy atom. The first-order valence-electron chi connectivity index (χ1n) is 9.22. The number of nitrogens with zero attached hydrogens (tertiary/aromatic N) is 1. The van der Waals surface area contributed by atoms with Crippen molar-refractivity contribution in [3.63, 3.8) is 0 Å². The van der Waals surface area contributed by atoms with Gasteiger partial charge in [0.25, 0.3) is 5.91 Å². The lowest BCUT2D eigenvalue weighted by molar-refractivity contribution is -0.139. The molecule has 2 aromatic rings. The highest BCUT2D eigenvalue weighted by Crippen LogP contribution is 2.24. The van der Waals surface area contributed by atoms with Gasteiger partial charge >= 0.3 is 0 Å². The summed E-state index contributed by atoms with van der Waals surface area (Å²) in [6.07, 6.45) is -0.170. The molecule has 0 N–H and O–H groups in total. The van der Waals surface area contributed by atoms with Crippen LogP contribution < -0.4 is 4.74 Å². The molecule has 0 saturated carbocycles. The van der Waals surface area contributed by atoms with Crippen LogP contribution in [0.2, 0.25) is 0 Å². The lowest BCUT2D eigenvalue weighted by Crippen LogP contribution is -2.46. The summed E-state index contributed by atoms with van der Waals surface area (Å²) in [5.41, 5.74) is 2.20. The number of carbonyl (C=O) groups excluding carboxylic acids is 1. The Bertz CT molecular complexity index is 878. The molecule has 1 heterocycles. The van der Waals surface area contributed by atoms with Crippen molar-refractivity contribution in [1.82, 2.24) is 4.90 Å². The van der Waals surface area contributed by atoms with Crippen molar-refractivity contribution in [2.75, 3.05) is 18.1 Å². The Morgan fingerprint density at radius 1 is 1.11 bits per heavy atom. The van der Waals surface area contributed by atoms with Crippen LogP contribution in [0.1, 0.15) is 20.3 Å². The van der Waals surface area contributed by atoms with Crippen molar-refractivity contribution in [3.8, 4) is 16.9 Å². The monoisotopic (exact) mass is 387 g/mol. The summed E-state index contributed by atoms with van der Waals surface area (Å²) in [5.74, 6) is 0.639. The van der Waals surface area contributed by atoms with Gasteiger partial charge in [-0.3, -0.25) is 4.79 Å². The maximum absolute atomic E-state index is 12.8. The van der Waals surface area contributed by atoms with E-state index in [-0.39, 0.29) is 23.5 Å². The summed E-state index contributed by atoms with van der Waals surface area (Å²) in [6.45, 7) is 4.05. The van der Waals surface area contributed by atoms with Crippen molar-refractivity contribution < 1.29 is 17.9 Å². The van der Waals surface area contributed by atoms with Gasteiger partial charge in [0.1, 0.15) is 5.75 Å². The molecule has 144 valence electrons. The SMILES string of the molecule is CCN(C(=O)C(C)Oc1ccc(-c2ccccc2)cc1)C1CCS(=O)(=O)C1. The molecule has 0 aromatic heterocycles. The quantitative estimate of drug-likeness (QED) is 0.764. The Hall–Kier alpha value is -2.34. The number of benzene rings is 2. The molecule has 1 fully saturated rings. The Kier molecular flexibility index (Phi) is 5.85. The van der Waals surface area contributed by atoms with Gasteiger partial charge in [0, 0.05) is 12.6 Å². The van der Waals surface area contributed by atoms with Gasteiger partial charge in [-0.25, -0.2) is 8.42 Å². The predicted molar refractivity (Wildman–Crippen MR) is 106 cm³/mol. The Balaban J connectivity index is 1.65. The molecule has 0 aliphatic carbocycles. The number of hydrogen-bond donors (Lipinski definition) is 0. The molecule has 1 saturated heterocycles. The molecule has 2 aromatic carbocycles. The molecule has 1 aliphatic rings. The number of amides is 1. The highest BCUT2D eigenvalue weighted by atomic mass is 32.2. The first-order valence-corrected chi connectivity index (χ1v) is 11.0. The molecule has 1 amide bonds. The Labute approximate surface area is 160 Å². The van der Waals surface area contributed by atoms with Gasteiger partial charge < -0.3 is 9.64 Å². The van der Waals surface area contributed by atoms with Crippen molar-refractivity contribution in [2.45, 2.75) is 32.4 Å². The van der Waals surface area contributed by atoms with Gasteiger partial charge in [-0.1, -0.05) is 42.5 Å². The average Bonchev–Trinajstić information content (AvgIpc) is 3.03. The van der Waals surface area contributed by atoms with Gasteiger partial charge in [-0.05, 0) is 43.5 Å². The van der Waals surface area contributed by atoms with Crippen molar-refractivity contribution in [1.29, 1.82) is 0 Å². The fourth-order valence-corrected chi connectivity index (χ4v) is 5.19. The largest absolute Gasteiger partial charge is 0.481 e. The van der Waals surface area contributed by atoms with Crippen LogP contribution in [-0.4, -0.2) is 49.4 Å². The third-order valence-electron chi connectivity index (χ3n) is 4.90. The zero-order chi connectivity index (χ0) is 19.4. The lowest BCUT2D eigenvalue weighted by atomic mass is 10.1. The van der Waals surface area contributed by atoms with Crippen molar-refractivity contribution in [3.05, 3.63) is 54.6 Å². The second-order valence-corrected chi connectivity index (χ2v) is 9.06. The second kappa shape index (κ2) is 8.13. The van der Waals surface area contributed by atoms with E-state index < -0.39 is 15.9 Å². The average molecular weight is 388 g/mol. The van der Waals surface area contributed by atoms with Gasteiger partial charge in [-0.15, -0.1) is 0 Å². The van der Waals surface area contributed by atoms with Gasteiger partial charge in [0.15, 0.2) is 15.9 Å². The molecule has 0 radical (unpaired) electrons. The number of hydrogen-bond acceptors (Lipinski definition) is 4. The summed E-state index contributed by atoms with van der Waals surface area (Å²) >= 11 is 0. The first kappa shape index (κ1) is 19.4. The minimum Gasteiger partial charge on any atom is -0.481 e. The lowest BCUT2D eigenvalue weighted by Gasteiger charge is -2.29.